The number of nitrogens with zero attached hydrogens (tertiary/aromatic N) is 4. The van der Waals surface area contributed by atoms with E-state index in [0.717, 1.165) is 16.6 Å². The third kappa shape index (κ3) is 3.85. The Morgan fingerprint density at radius 3 is 2.79 bits per heavy atom. The molecule has 0 unspecified atom stereocenters. The van der Waals surface area contributed by atoms with Crippen molar-refractivity contribution in [1.82, 2.24) is 19.7 Å². The Kier molecular flexibility index (Phi) is 5.27. The maximum atomic E-state index is 12.3. The second-order valence-corrected chi connectivity index (χ2v) is 7.50. The molecule has 0 aliphatic heterocycles. The number of thioether (sulfide) groups is 1. The Balaban J connectivity index is 1.51. The van der Waals surface area contributed by atoms with Gasteiger partial charge in [-0.25, -0.2) is 14.6 Å². The molecule has 0 saturated heterocycles. The third-order valence-electron chi connectivity index (χ3n) is 4.07. The van der Waals surface area contributed by atoms with Crippen molar-refractivity contribution in [3.63, 3.8) is 0 Å². The minimum atomic E-state index is -0.155. The van der Waals surface area contributed by atoms with Crippen molar-refractivity contribution in [3.05, 3.63) is 71.6 Å². The second-order valence-electron chi connectivity index (χ2n) is 6.13. The van der Waals surface area contributed by atoms with Gasteiger partial charge < -0.3 is 5.32 Å². The summed E-state index contributed by atoms with van der Waals surface area (Å²) in [6.07, 6.45) is 3.21. The summed E-state index contributed by atoms with van der Waals surface area (Å²) in [4.78, 5) is 21.0. The molecule has 0 radical (unpaired) electrons. The molecule has 0 bridgehead atoms. The maximum absolute atomic E-state index is 12.3. The van der Waals surface area contributed by atoms with Crippen LogP contribution >= 0.6 is 23.4 Å². The van der Waals surface area contributed by atoms with Crippen LogP contribution in [0.2, 0.25) is 5.02 Å². The van der Waals surface area contributed by atoms with Gasteiger partial charge in [-0.15, -0.1) is 0 Å². The first-order valence-corrected chi connectivity index (χ1v) is 9.91. The zero-order chi connectivity index (χ0) is 19.5. The lowest BCUT2D eigenvalue weighted by Crippen LogP contribution is -2.14. The largest absolute Gasteiger partial charge is 0.324 e. The number of anilines is 1. The van der Waals surface area contributed by atoms with Gasteiger partial charge in [0.25, 0.3) is 0 Å². The Morgan fingerprint density at radius 1 is 1.18 bits per heavy atom. The van der Waals surface area contributed by atoms with E-state index in [1.807, 2.05) is 49.4 Å². The van der Waals surface area contributed by atoms with Crippen LogP contribution in [0.1, 0.15) is 5.56 Å². The van der Waals surface area contributed by atoms with Gasteiger partial charge >= 0.3 is 0 Å². The lowest BCUT2D eigenvalue weighted by atomic mass is 10.2. The number of benzene rings is 2. The fraction of sp³-hybridized carbons (Fsp3) is 0.100. The number of rotatable bonds is 5. The number of carbonyl (C=O) groups excluding carboxylic acids is 1. The van der Waals surface area contributed by atoms with E-state index in [1.165, 1.54) is 18.1 Å². The second kappa shape index (κ2) is 8.00. The molecule has 0 aliphatic carbocycles. The number of nitrogens with one attached hydrogen (secondary N) is 1. The van der Waals surface area contributed by atoms with E-state index in [0.29, 0.717) is 21.4 Å². The molecular weight excluding hydrogens is 394 g/mol. The molecule has 0 fully saturated rings. The van der Waals surface area contributed by atoms with Crippen molar-refractivity contribution in [3.8, 4) is 5.69 Å². The van der Waals surface area contributed by atoms with Crippen LogP contribution in [0.15, 0.2) is 66.1 Å². The normalized spacial score (nSPS) is 10.9. The minimum absolute atomic E-state index is 0.155. The van der Waals surface area contributed by atoms with Crippen molar-refractivity contribution in [2.24, 2.45) is 0 Å². The average Bonchev–Trinajstić information content (AvgIpc) is 3.14. The van der Waals surface area contributed by atoms with Gasteiger partial charge in [0, 0.05) is 0 Å². The number of fused-ring (bicyclic) bond motifs is 1. The predicted octanol–water partition coefficient (Wildman–Crippen LogP) is 4.51. The Labute approximate surface area is 171 Å². The first-order valence-electron chi connectivity index (χ1n) is 8.55. The zero-order valence-corrected chi connectivity index (χ0v) is 16.5. The molecule has 6 nitrogen and oxygen atoms in total. The number of carbonyl (C=O) groups is 1. The molecule has 28 heavy (non-hydrogen) atoms. The van der Waals surface area contributed by atoms with Crippen molar-refractivity contribution >= 4 is 46.0 Å². The lowest BCUT2D eigenvalue weighted by molar-refractivity contribution is -0.113. The van der Waals surface area contributed by atoms with E-state index in [9.17, 15) is 4.79 Å². The Bertz CT molecular complexity index is 1150. The molecule has 0 spiro atoms. The number of hydrogen-bond donors (Lipinski definition) is 1. The van der Waals surface area contributed by atoms with E-state index in [-0.39, 0.29) is 11.7 Å². The summed E-state index contributed by atoms with van der Waals surface area (Å²) in [7, 11) is 0. The first kappa shape index (κ1) is 18.5. The zero-order valence-electron chi connectivity index (χ0n) is 15.0. The highest BCUT2D eigenvalue weighted by Crippen LogP contribution is 2.27. The summed E-state index contributed by atoms with van der Waals surface area (Å²) in [6, 6.07) is 15.3. The minimum Gasteiger partial charge on any atom is -0.324 e. The summed E-state index contributed by atoms with van der Waals surface area (Å²) in [5.74, 6) is 0.0466. The van der Waals surface area contributed by atoms with Gasteiger partial charge in [0.2, 0.25) is 5.91 Å². The smallest absolute Gasteiger partial charge is 0.234 e. The van der Waals surface area contributed by atoms with Gasteiger partial charge in [0.1, 0.15) is 11.4 Å². The fourth-order valence-corrected chi connectivity index (χ4v) is 3.78. The third-order valence-corrected chi connectivity index (χ3v) is 5.39. The van der Waals surface area contributed by atoms with Crippen LogP contribution in [-0.2, 0) is 4.79 Å². The number of hydrogen-bond acceptors (Lipinski definition) is 5. The molecule has 0 atom stereocenters. The van der Waals surface area contributed by atoms with E-state index in [2.05, 4.69) is 20.4 Å². The van der Waals surface area contributed by atoms with Gasteiger partial charge in [-0.05, 0) is 36.8 Å². The molecule has 0 aliphatic rings. The molecule has 4 aromatic rings. The summed E-state index contributed by atoms with van der Waals surface area (Å²) in [5.41, 5.74) is 3.25. The van der Waals surface area contributed by atoms with Gasteiger partial charge in [-0.3, -0.25) is 4.79 Å². The number of aryl methyl sites for hydroxylation is 1. The summed E-state index contributed by atoms with van der Waals surface area (Å²) >= 11 is 7.51. The van der Waals surface area contributed by atoms with Crippen LogP contribution in [0.3, 0.4) is 0 Å². The summed E-state index contributed by atoms with van der Waals surface area (Å²) in [6.45, 7) is 1.95. The molecule has 2 aromatic carbocycles. The predicted molar refractivity (Wildman–Crippen MR) is 112 cm³/mol. The van der Waals surface area contributed by atoms with Gasteiger partial charge in [0.05, 0.1) is 33.7 Å². The standard InChI is InChI=1S/C20H16ClN5OS/c1-13-7-8-17(16(21)9-13)25-18(27)11-28-20-15-10-24-26(19(15)22-12-23-20)14-5-3-2-4-6-14/h2-10,12H,11H2,1H3,(H,25,27). The molecule has 2 heterocycles. The molecule has 140 valence electrons. The molecule has 8 heteroatoms. The number of halogens is 1. The van der Waals surface area contributed by atoms with Gasteiger partial charge in [0.15, 0.2) is 5.65 Å². The lowest BCUT2D eigenvalue weighted by Gasteiger charge is -2.08. The van der Waals surface area contributed by atoms with Crippen LogP contribution in [0, 0.1) is 6.92 Å². The number of aromatic nitrogens is 4. The van der Waals surface area contributed by atoms with Crippen molar-refractivity contribution < 1.29 is 4.79 Å². The maximum Gasteiger partial charge on any atom is 0.234 e. The highest BCUT2D eigenvalue weighted by molar-refractivity contribution is 8.00. The van der Waals surface area contributed by atoms with Crippen LogP contribution in [0.25, 0.3) is 16.7 Å². The SMILES string of the molecule is Cc1ccc(NC(=O)CSc2ncnc3c2cnn3-c2ccccc2)c(Cl)c1. The van der Waals surface area contributed by atoms with Crippen LogP contribution in [0.4, 0.5) is 5.69 Å². The monoisotopic (exact) mass is 409 g/mol. The quantitative estimate of drug-likeness (QED) is 0.388. The van der Waals surface area contributed by atoms with Crippen molar-refractivity contribution in [2.45, 2.75) is 11.9 Å². The molecule has 1 N–H and O–H groups in total. The molecule has 4 rings (SSSR count). The molecule has 1 amide bonds. The van der Waals surface area contributed by atoms with E-state index < -0.39 is 0 Å². The highest BCUT2D eigenvalue weighted by atomic mass is 35.5. The van der Waals surface area contributed by atoms with E-state index >= 15 is 0 Å². The van der Waals surface area contributed by atoms with E-state index in [4.69, 9.17) is 11.6 Å². The Hall–Kier alpha value is -2.90. The molecule has 0 saturated carbocycles. The summed E-state index contributed by atoms with van der Waals surface area (Å²) < 4.78 is 1.76. The Morgan fingerprint density at radius 2 is 2.00 bits per heavy atom. The van der Waals surface area contributed by atoms with Gasteiger partial charge in [-0.2, -0.15) is 5.10 Å². The van der Waals surface area contributed by atoms with Crippen molar-refractivity contribution in [2.75, 3.05) is 11.1 Å². The van der Waals surface area contributed by atoms with Crippen LogP contribution in [0.5, 0.6) is 0 Å². The number of amides is 1. The highest BCUT2D eigenvalue weighted by Gasteiger charge is 2.13. The van der Waals surface area contributed by atoms with Crippen LogP contribution < -0.4 is 5.32 Å². The number of para-hydroxylation sites is 1. The summed E-state index contributed by atoms with van der Waals surface area (Å²) in [5, 5.41) is 9.28. The van der Waals surface area contributed by atoms with Crippen molar-refractivity contribution in [1.29, 1.82) is 0 Å². The molecule has 2 aromatic heterocycles. The van der Waals surface area contributed by atoms with E-state index in [1.54, 1.807) is 16.9 Å². The topological polar surface area (TPSA) is 72.7 Å². The average molecular weight is 410 g/mol. The molecular formula is C20H16ClN5OS. The van der Waals surface area contributed by atoms with Gasteiger partial charge in [-0.1, -0.05) is 47.6 Å². The fourth-order valence-electron chi connectivity index (χ4n) is 2.74. The first-order chi connectivity index (χ1) is 13.6. The van der Waals surface area contributed by atoms with Crippen LogP contribution in [-0.4, -0.2) is 31.4 Å².